The van der Waals surface area contributed by atoms with Gasteiger partial charge in [-0.3, -0.25) is 4.90 Å². The van der Waals surface area contributed by atoms with E-state index >= 15 is 0 Å². The van der Waals surface area contributed by atoms with Gasteiger partial charge in [-0.25, -0.2) is 0 Å². The number of hydrogen-bond acceptors (Lipinski definition) is 4. The molecule has 0 saturated carbocycles. The highest BCUT2D eigenvalue weighted by atomic mass is 16.5. The number of furan rings is 1. The van der Waals surface area contributed by atoms with E-state index in [0.29, 0.717) is 0 Å². The third-order valence-corrected chi connectivity index (χ3v) is 2.64. The molecule has 0 radical (unpaired) electrons. The van der Waals surface area contributed by atoms with Gasteiger partial charge in [-0.15, -0.1) is 0 Å². The van der Waals surface area contributed by atoms with Crippen LogP contribution in [0.1, 0.15) is 25.2 Å². The maximum absolute atomic E-state index is 5.52. The fraction of sp³-hybridized carbons (Fsp3) is 0.692. The Balaban J connectivity index is 2.36. The summed E-state index contributed by atoms with van der Waals surface area (Å²) in [5.74, 6) is 1.05. The van der Waals surface area contributed by atoms with Crippen LogP contribution in [0.4, 0.5) is 0 Å². The molecule has 0 bridgehead atoms. The quantitative estimate of drug-likeness (QED) is 0.669. The summed E-state index contributed by atoms with van der Waals surface area (Å²) in [5.41, 5.74) is 1.25. The number of hydrogen-bond donors (Lipinski definition) is 1. The first-order valence-electron chi connectivity index (χ1n) is 6.30. The van der Waals surface area contributed by atoms with Crippen molar-refractivity contribution < 1.29 is 9.15 Å². The van der Waals surface area contributed by atoms with Gasteiger partial charge in [-0.05, 0) is 26.6 Å². The lowest BCUT2D eigenvalue weighted by Gasteiger charge is -2.15. The molecule has 1 N–H and O–H groups in total. The molecule has 0 unspecified atom stereocenters. The van der Waals surface area contributed by atoms with E-state index in [0.717, 1.165) is 45.2 Å². The van der Waals surface area contributed by atoms with E-state index in [9.17, 15) is 0 Å². The molecule has 1 heterocycles. The van der Waals surface area contributed by atoms with E-state index in [1.807, 2.05) is 13.0 Å². The van der Waals surface area contributed by atoms with Gasteiger partial charge in [0.1, 0.15) is 5.76 Å². The maximum atomic E-state index is 5.52. The molecule has 98 valence electrons. The van der Waals surface area contributed by atoms with E-state index in [1.165, 1.54) is 5.56 Å². The van der Waals surface area contributed by atoms with Gasteiger partial charge >= 0.3 is 0 Å². The topological polar surface area (TPSA) is 37.6 Å². The predicted octanol–water partition coefficient (Wildman–Crippen LogP) is 1.86. The fourth-order valence-electron chi connectivity index (χ4n) is 1.61. The number of likely N-dealkylation sites (N-methyl/N-ethyl adjacent to an activating group) is 1. The molecular weight excluding hydrogens is 216 g/mol. The van der Waals surface area contributed by atoms with Crippen LogP contribution in [0.3, 0.4) is 0 Å². The number of nitrogens with zero attached hydrogens (tertiary/aromatic N) is 1. The minimum Gasteiger partial charge on any atom is -0.468 e. The molecule has 0 aromatic carbocycles. The zero-order chi connectivity index (χ0) is 12.5. The zero-order valence-corrected chi connectivity index (χ0v) is 11.2. The van der Waals surface area contributed by atoms with Crippen LogP contribution in [0.25, 0.3) is 0 Å². The smallest absolute Gasteiger partial charge is 0.122 e. The van der Waals surface area contributed by atoms with Crippen molar-refractivity contribution in [2.75, 3.05) is 33.4 Å². The Bertz CT molecular complexity index is 299. The predicted molar refractivity (Wildman–Crippen MR) is 68.9 cm³/mol. The van der Waals surface area contributed by atoms with Crippen molar-refractivity contribution in [2.24, 2.45) is 0 Å². The molecule has 4 nitrogen and oxygen atoms in total. The highest BCUT2D eigenvalue weighted by Gasteiger charge is 2.08. The minimum absolute atomic E-state index is 0.774. The van der Waals surface area contributed by atoms with Crippen LogP contribution in [0.15, 0.2) is 16.7 Å². The van der Waals surface area contributed by atoms with Gasteiger partial charge in [-0.1, -0.05) is 6.92 Å². The highest BCUT2D eigenvalue weighted by Crippen LogP contribution is 2.12. The second kappa shape index (κ2) is 8.28. The molecule has 4 heteroatoms. The van der Waals surface area contributed by atoms with Crippen molar-refractivity contribution in [3.63, 3.8) is 0 Å². The Morgan fingerprint density at radius 3 is 2.94 bits per heavy atom. The molecule has 1 aromatic heterocycles. The van der Waals surface area contributed by atoms with Crippen LogP contribution in [0.5, 0.6) is 0 Å². The molecule has 0 spiro atoms. The summed E-state index contributed by atoms with van der Waals surface area (Å²) < 4.78 is 10.9. The van der Waals surface area contributed by atoms with Crippen molar-refractivity contribution in [2.45, 2.75) is 26.9 Å². The SMILES string of the molecule is CCNCc1ccoc1CN(C)CCOCC. The van der Waals surface area contributed by atoms with Gasteiger partial charge in [0.2, 0.25) is 0 Å². The number of nitrogens with one attached hydrogen (secondary N) is 1. The van der Waals surface area contributed by atoms with Crippen LogP contribution in [-0.2, 0) is 17.8 Å². The maximum Gasteiger partial charge on any atom is 0.122 e. The average molecular weight is 240 g/mol. The molecule has 1 aromatic rings. The third-order valence-electron chi connectivity index (χ3n) is 2.64. The van der Waals surface area contributed by atoms with Crippen molar-refractivity contribution in [3.8, 4) is 0 Å². The van der Waals surface area contributed by atoms with Crippen LogP contribution < -0.4 is 5.32 Å². The largest absolute Gasteiger partial charge is 0.468 e. The first-order valence-corrected chi connectivity index (χ1v) is 6.30. The van der Waals surface area contributed by atoms with Crippen LogP contribution in [0.2, 0.25) is 0 Å². The lowest BCUT2D eigenvalue weighted by Crippen LogP contribution is -2.23. The molecule has 0 aliphatic heterocycles. The molecule has 0 atom stereocenters. The number of ether oxygens (including phenoxy) is 1. The van der Waals surface area contributed by atoms with E-state index in [1.54, 1.807) is 6.26 Å². The Hall–Kier alpha value is -0.840. The van der Waals surface area contributed by atoms with Crippen molar-refractivity contribution in [1.29, 1.82) is 0 Å². The Labute approximate surface area is 104 Å². The summed E-state index contributed by atoms with van der Waals surface area (Å²) >= 11 is 0. The van der Waals surface area contributed by atoms with Crippen LogP contribution in [-0.4, -0.2) is 38.3 Å². The van der Waals surface area contributed by atoms with E-state index in [2.05, 4.69) is 24.2 Å². The summed E-state index contributed by atoms with van der Waals surface area (Å²) in [6.45, 7) is 9.29. The highest BCUT2D eigenvalue weighted by molar-refractivity contribution is 5.16. The lowest BCUT2D eigenvalue weighted by molar-refractivity contribution is 0.118. The molecule has 0 amide bonds. The molecule has 17 heavy (non-hydrogen) atoms. The second-order valence-electron chi connectivity index (χ2n) is 4.08. The molecule has 0 aliphatic carbocycles. The van der Waals surface area contributed by atoms with Gasteiger partial charge in [0, 0.05) is 25.3 Å². The van der Waals surface area contributed by atoms with Crippen molar-refractivity contribution >= 4 is 0 Å². The summed E-state index contributed by atoms with van der Waals surface area (Å²) in [6, 6.07) is 2.04. The van der Waals surface area contributed by atoms with Gasteiger partial charge in [-0.2, -0.15) is 0 Å². The van der Waals surface area contributed by atoms with Crippen LogP contribution in [0, 0.1) is 0 Å². The van der Waals surface area contributed by atoms with Crippen molar-refractivity contribution in [3.05, 3.63) is 23.7 Å². The summed E-state index contributed by atoms with van der Waals surface area (Å²) in [7, 11) is 2.08. The zero-order valence-electron chi connectivity index (χ0n) is 11.2. The molecular formula is C13H24N2O2. The molecule has 1 rings (SSSR count). The monoisotopic (exact) mass is 240 g/mol. The van der Waals surface area contributed by atoms with E-state index in [-0.39, 0.29) is 0 Å². The first-order chi connectivity index (χ1) is 8.27. The summed E-state index contributed by atoms with van der Waals surface area (Å²) in [6.07, 6.45) is 1.76. The minimum atomic E-state index is 0.774. The summed E-state index contributed by atoms with van der Waals surface area (Å²) in [4.78, 5) is 2.21. The van der Waals surface area contributed by atoms with E-state index in [4.69, 9.17) is 9.15 Å². The van der Waals surface area contributed by atoms with Gasteiger partial charge in [0.05, 0.1) is 19.4 Å². The Kier molecular flexibility index (Phi) is 6.93. The Morgan fingerprint density at radius 2 is 2.24 bits per heavy atom. The summed E-state index contributed by atoms with van der Waals surface area (Å²) in [5, 5.41) is 3.31. The fourth-order valence-corrected chi connectivity index (χ4v) is 1.61. The van der Waals surface area contributed by atoms with Crippen molar-refractivity contribution in [1.82, 2.24) is 10.2 Å². The van der Waals surface area contributed by atoms with Crippen LogP contribution >= 0.6 is 0 Å². The second-order valence-corrected chi connectivity index (χ2v) is 4.08. The normalized spacial score (nSPS) is 11.3. The Morgan fingerprint density at radius 1 is 1.41 bits per heavy atom. The van der Waals surface area contributed by atoms with Gasteiger partial charge in [0.15, 0.2) is 0 Å². The molecule has 0 aliphatic rings. The van der Waals surface area contributed by atoms with Gasteiger partial charge in [0.25, 0.3) is 0 Å². The molecule has 0 fully saturated rings. The van der Waals surface area contributed by atoms with E-state index < -0.39 is 0 Å². The first kappa shape index (κ1) is 14.2. The lowest BCUT2D eigenvalue weighted by atomic mass is 10.2. The number of rotatable bonds is 9. The average Bonchev–Trinajstić information content (AvgIpc) is 2.74. The third kappa shape index (κ3) is 5.35. The standard InChI is InChI=1S/C13H24N2O2/c1-4-14-10-12-6-8-17-13(12)11-15(3)7-9-16-5-2/h6,8,14H,4-5,7,9-11H2,1-3H3. The molecule has 0 saturated heterocycles. The van der Waals surface area contributed by atoms with Gasteiger partial charge < -0.3 is 14.5 Å².